The van der Waals surface area contributed by atoms with E-state index in [1.54, 1.807) is 6.20 Å². The average molecular weight is 301 g/mol. The quantitative estimate of drug-likeness (QED) is 0.784. The highest BCUT2D eigenvalue weighted by atomic mass is 79.9. The molecule has 0 amide bonds. The maximum atomic E-state index is 11.1. The molecular weight excluding hydrogens is 284 g/mol. The molecule has 1 aromatic rings. The molecule has 1 heterocycles. The second-order valence-electron chi connectivity index (χ2n) is 3.70. The Morgan fingerprint density at radius 1 is 1.59 bits per heavy atom. The van der Waals surface area contributed by atoms with Gasteiger partial charge in [0, 0.05) is 23.8 Å². The Morgan fingerprint density at radius 3 is 2.82 bits per heavy atom. The lowest BCUT2D eigenvalue weighted by Crippen LogP contribution is -2.27. The Balaban J connectivity index is 2.72. The normalized spacial score (nSPS) is 10.1. The molecule has 0 aromatic carbocycles. The van der Waals surface area contributed by atoms with Crippen molar-refractivity contribution in [3.8, 4) is 0 Å². The van der Waals surface area contributed by atoms with Crippen molar-refractivity contribution in [2.75, 3.05) is 25.1 Å². The van der Waals surface area contributed by atoms with Crippen LogP contribution in [0.25, 0.3) is 0 Å². The summed E-state index contributed by atoms with van der Waals surface area (Å²) in [5.74, 6) is 0.689. The van der Waals surface area contributed by atoms with Gasteiger partial charge in [-0.2, -0.15) is 0 Å². The third-order valence-electron chi connectivity index (χ3n) is 2.55. The molecule has 0 aliphatic carbocycles. The van der Waals surface area contributed by atoms with Crippen LogP contribution in [0.15, 0.2) is 16.7 Å². The molecule has 94 valence electrons. The van der Waals surface area contributed by atoms with E-state index >= 15 is 0 Å². The lowest BCUT2D eigenvalue weighted by molar-refractivity contribution is -0.140. The number of hydrogen-bond donors (Lipinski definition) is 0. The summed E-state index contributed by atoms with van der Waals surface area (Å²) >= 11 is 3.42. The van der Waals surface area contributed by atoms with Gasteiger partial charge in [-0.05, 0) is 41.4 Å². The first-order valence-electron chi connectivity index (χ1n) is 5.52. The minimum atomic E-state index is -0.197. The van der Waals surface area contributed by atoms with E-state index in [9.17, 15) is 4.79 Å². The summed E-state index contributed by atoms with van der Waals surface area (Å²) in [6.07, 6.45) is 2.16. The maximum Gasteiger partial charge on any atom is 0.307 e. The van der Waals surface area contributed by atoms with E-state index in [2.05, 4.69) is 30.6 Å². The molecule has 0 fully saturated rings. The summed E-state index contributed by atoms with van der Waals surface area (Å²) in [4.78, 5) is 17.5. The highest BCUT2D eigenvalue weighted by Gasteiger charge is 2.09. The van der Waals surface area contributed by atoms with Crippen LogP contribution in [0.4, 0.5) is 5.82 Å². The van der Waals surface area contributed by atoms with E-state index < -0.39 is 0 Å². The summed E-state index contributed by atoms with van der Waals surface area (Å²) in [6.45, 7) is 5.49. The Morgan fingerprint density at radius 2 is 2.29 bits per heavy atom. The van der Waals surface area contributed by atoms with Crippen molar-refractivity contribution in [2.24, 2.45) is 0 Å². The average Bonchev–Trinajstić information content (AvgIpc) is 2.33. The van der Waals surface area contributed by atoms with Crippen LogP contribution in [0.1, 0.15) is 18.9 Å². The monoisotopic (exact) mass is 300 g/mol. The number of methoxy groups -OCH3 is 1. The zero-order valence-corrected chi connectivity index (χ0v) is 12.0. The van der Waals surface area contributed by atoms with Crippen LogP contribution in [-0.2, 0) is 9.53 Å². The number of esters is 1. The Kier molecular flexibility index (Phi) is 5.41. The van der Waals surface area contributed by atoms with E-state index in [0.717, 1.165) is 22.4 Å². The van der Waals surface area contributed by atoms with Gasteiger partial charge in [0.25, 0.3) is 0 Å². The topological polar surface area (TPSA) is 42.4 Å². The van der Waals surface area contributed by atoms with Crippen molar-refractivity contribution in [3.63, 3.8) is 0 Å². The maximum absolute atomic E-state index is 11.1. The minimum absolute atomic E-state index is 0.197. The van der Waals surface area contributed by atoms with Gasteiger partial charge in [0.1, 0.15) is 5.82 Å². The molecule has 0 N–H and O–H groups in total. The second kappa shape index (κ2) is 6.59. The highest BCUT2D eigenvalue weighted by molar-refractivity contribution is 9.10. The van der Waals surface area contributed by atoms with Crippen molar-refractivity contribution >= 4 is 27.7 Å². The summed E-state index contributed by atoms with van der Waals surface area (Å²) in [5.41, 5.74) is 1.13. The van der Waals surface area contributed by atoms with Crippen LogP contribution < -0.4 is 4.90 Å². The Hall–Kier alpha value is -1.10. The summed E-state index contributed by atoms with van der Waals surface area (Å²) in [6, 6.07) is 2.00. The number of aromatic nitrogens is 1. The predicted octanol–water partition coefficient (Wildman–Crippen LogP) is 2.54. The number of aryl methyl sites for hydroxylation is 1. The molecule has 0 saturated heterocycles. The molecule has 0 bridgehead atoms. The number of ether oxygens (including phenoxy) is 1. The van der Waals surface area contributed by atoms with E-state index in [4.69, 9.17) is 0 Å². The van der Waals surface area contributed by atoms with Crippen LogP contribution >= 0.6 is 15.9 Å². The Bertz CT molecular complexity index is 396. The van der Waals surface area contributed by atoms with E-state index in [1.807, 2.05) is 19.9 Å². The van der Waals surface area contributed by atoms with Crippen molar-refractivity contribution in [3.05, 3.63) is 22.3 Å². The molecule has 0 aliphatic heterocycles. The fourth-order valence-corrected chi connectivity index (χ4v) is 1.68. The van der Waals surface area contributed by atoms with Gasteiger partial charge < -0.3 is 9.64 Å². The van der Waals surface area contributed by atoms with Gasteiger partial charge in [0.15, 0.2) is 0 Å². The number of hydrogen-bond acceptors (Lipinski definition) is 4. The molecule has 0 saturated carbocycles. The second-order valence-corrected chi connectivity index (χ2v) is 4.55. The van der Waals surface area contributed by atoms with Crippen molar-refractivity contribution in [1.29, 1.82) is 0 Å². The lowest BCUT2D eigenvalue weighted by Gasteiger charge is -2.21. The third-order valence-corrected chi connectivity index (χ3v) is 3.38. The number of nitrogens with zero attached hydrogens (tertiary/aromatic N) is 2. The molecular formula is C12H17BrN2O2. The van der Waals surface area contributed by atoms with Gasteiger partial charge in [-0.25, -0.2) is 4.98 Å². The zero-order valence-electron chi connectivity index (χ0n) is 10.4. The number of halogens is 1. The molecule has 0 spiro atoms. The van der Waals surface area contributed by atoms with E-state index in [1.165, 1.54) is 7.11 Å². The van der Waals surface area contributed by atoms with Gasteiger partial charge in [-0.15, -0.1) is 0 Å². The van der Waals surface area contributed by atoms with Crippen LogP contribution in [0, 0.1) is 6.92 Å². The Labute approximate surface area is 110 Å². The van der Waals surface area contributed by atoms with Gasteiger partial charge in [0.2, 0.25) is 0 Å². The van der Waals surface area contributed by atoms with Crippen LogP contribution in [-0.4, -0.2) is 31.2 Å². The van der Waals surface area contributed by atoms with Crippen molar-refractivity contribution in [1.82, 2.24) is 4.98 Å². The fourth-order valence-electron chi connectivity index (χ4n) is 1.46. The van der Waals surface area contributed by atoms with E-state index in [0.29, 0.717) is 13.0 Å². The van der Waals surface area contributed by atoms with Crippen LogP contribution in [0.2, 0.25) is 0 Å². The molecule has 5 heteroatoms. The fraction of sp³-hybridized carbons (Fsp3) is 0.500. The number of carbonyl (C=O) groups excluding carboxylic acids is 1. The standard InChI is InChI=1S/C12H17BrN2O2/c1-4-15(6-5-12(16)17-3)11-7-9(2)10(13)8-14-11/h7-8H,4-6H2,1-3H3. The predicted molar refractivity (Wildman–Crippen MR) is 71.2 cm³/mol. The van der Waals surface area contributed by atoms with Crippen molar-refractivity contribution in [2.45, 2.75) is 20.3 Å². The van der Waals surface area contributed by atoms with Gasteiger partial charge in [-0.1, -0.05) is 0 Å². The first kappa shape index (κ1) is 14.0. The van der Waals surface area contributed by atoms with Gasteiger partial charge in [0.05, 0.1) is 13.5 Å². The molecule has 0 atom stereocenters. The first-order chi connectivity index (χ1) is 8.08. The minimum Gasteiger partial charge on any atom is -0.469 e. The molecule has 0 aliphatic rings. The summed E-state index contributed by atoms with van der Waals surface area (Å²) in [7, 11) is 1.40. The largest absolute Gasteiger partial charge is 0.469 e. The summed E-state index contributed by atoms with van der Waals surface area (Å²) < 4.78 is 5.62. The number of pyridine rings is 1. The molecule has 0 radical (unpaired) electrons. The van der Waals surface area contributed by atoms with Gasteiger partial charge >= 0.3 is 5.97 Å². The van der Waals surface area contributed by atoms with Gasteiger partial charge in [-0.3, -0.25) is 4.79 Å². The number of anilines is 1. The molecule has 17 heavy (non-hydrogen) atoms. The smallest absolute Gasteiger partial charge is 0.307 e. The van der Waals surface area contributed by atoms with Crippen molar-refractivity contribution < 1.29 is 9.53 Å². The zero-order chi connectivity index (χ0) is 12.8. The van der Waals surface area contributed by atoms with E-state index in [-0.39, 0.29) is 5.97 Å². The van der Waals surface area contributed by atoms with Crippen LogP contribution in [0.3, 0.4) is 0 Å². The summed E-state index contributed by atoms with van der Waals surface area (Å²) in [5, 5.41) is 0. The molecule has 1 aromatic heterocycles. The molecule has 4 nitrogen and oxygen atoms in total. The number of carbonyl (C=O) groups is 1. The number of rotatable bonds is 5. The lowest BCUT2D eigenvalue weighted by atomic mass is 10.3. The highest BCUT2D eigenvalue weighted by Crippen LogP contribution is 2.20. The SMILES string of the molecule is CCN(CCC(=O)OC)c1cc(C)c(Br)cn1. The third kappa shape index (κ3) is 4.00. The van der Waals surface area contributed by atoms with Crippen LogP contribution in [0.5, 0.6) is 0 Å². The molecule has 1 rings (SSSR count). The molecule has 0 unspecified atom stereocenters. The first-order valence-corrected chi connectivity index (χ1v) is 6.31.